The number of hydrogen-bond donors (Lipinski definition) is 1. The van der Waals surface area contributed by atoms with Gasteiger partial charge in [0, 0.05) is 15.5 Å². The number of carbonyl (C=O) groups is 1. The molecule has 0 saturated carbocycles. The Morgan fingerprint density at radius 3 is 2.55 bits per heavy atom. The van der Waals surface area contributed by atoms with Crippen molar-refractivity contribution in [2.45, 2.75) is 19.4 Å². The van der Waals surface area contributed by atoms with E-state index in [2.05, 4.69) is 37.2 Å². The Kier molecular flexibility index (Phi) is 5.66. The van der Waals surface area contributed by atoms with Crippen LogP contribution in [0.2, 0.25) is 5.02 Å². The molecule has 2 rings (SSSR count). The van der Waals surface area contributed by atoms with Gasteiger partial charge in [0.15, 0.2) is 0 Å². The van der Waals surface area contributed by atoms with E-state index in [9.17, 15) is 4.79 Å². The Labute approximate surface area is 143 Å². The molecule has 0 radical (unpaired) electrons. The van der Waals surface area contributed by atoms with E-state index in [1.807, 2.05) is 37.3 Å². The smallest absolute Gasteiger partial charge is 0.261 e. The SMILES string of the molecule is CC(Cc1ccc(Cl)cc1)NC(=O)c1cc(Br)c(Br)s1. The maximum absolute atomic E-state index is 12.1. The fraction of sp³-hybridized carbons (Fsp3) is 0.214. The quantitative estimate of drug-likeness (QED) is 0.692. The fourth-order valence-electron chi connectivity index (χ4n) is 1.78. The van der Waals surface area contributed by atoms with E-state index in [4.69, 9.17) is 11.6 Å². The molecule has 1 atom stereocenters. The van der Waals surface area contributed by atoms with E-state index < -0.39 is 0 Å². The predicted molar refractivity (Wildman–Crippen MR) is 91.8 cm³/mol. The van der Waals surface area contributed by atoms with Crippen molar-refractivity contribution >= 4 is 60.7 Å². The minimum atomic E-state index is -0.0529. The molecular formula is C14H12Br2ClNOS. The maximum atomic E-state index is 12.1. The number of halogens is 3. The summed E-state index contributed by atoms with van der Waals surface area (Å²) in [5.41, 5.74) is 1.15. The largest absolute Gasteiger partial charge is 0.349 e. The molecule has 0 spiro atoms. The number of rotatable bonds is 4. The topological polar surface area (TPSA) is 29.1 Å². The molecule has 0 aliphatic heterocycles. The Morgan fingerprint density at radius 1 is 1.35 bits per heavy atom. The third-order valence-corrected chi connectivity index (χ3v) is 6.21. The monoisotopic (exact) mass is 435 g/mol. The van der Waals surface area contributed by atoms with Crippen molar-refractivity contribution in [2.24, 2.45) is 0 Å². The van der Waals surface area contributed by atoms with Crippen molar-refractivity contribution in [3.8, 4) is 0 Å². The molecular weight excluding hydrogens is 425 g/mol. The highest BCUT2D eigenvalue weighted by Crippen LogP contribution is 2.32. The molecule has 0 bridgehead atoms. The second-order valence-corrected chi connectivity index (χ2v) is 8.10. The van der Waals surface area contributed by atoms with Crippen LogP contribution < -0.4 is 5.32 Å². The van der Waals surface area contributed by atoms with Gasteiger partial charge in [-0.2, -0.15) is 0 Å². The zero-order valence-electron chi connectivity index (χ0n) is 10.6. The lowest BCUT2D eigenvalue weighted by molar-refractivity contribution is 0.0944. The molecule has 2 nitrogen and oxygen atoms in total. The third-order valence-electron chi connectivity index (χ3n) is 2.70. The number of carbonyl (C=O) groups excluding carboxylic acids is 1. The van der Waals surface area contributed by atoms with Crippen LogP contribution in [0.5, 0.6) is 0 Å². The molecule has 0 fully saturated rings. The molecule has 20 heavy (non-hydrogen) atoms. The van der Waals surface area contributed by atoms with Gasteiger partial charge in [-0.3, -0.25) is 4.79 Å². The number of thiophene rings is 1. The summed E-state index contributed by atoms with van der Waals surface area (Å²) < 4.78 is 1.83. The summed E-state index contributed by atoms with van der Waals surface area (Å²) in [6, 6.07) is 9.55. The van der Waals surface area contributed by atoms with Crippen molar-refractivity contribution in [1.82, 2.24) is 5.32 Å². The van der Waals surface area contributed by atoms with Gasteiger partial charge in [0.05, 0.1) is 8.66 Å². The van der Waals surface area contributed by atoms with Crippen LogP contribution in [0.15, 0.2) is 38.6 Å². The van der Waals surface area contributed by atoms with Crippen LogP contribution in [-0.4, -0.2) is 11.9 Å². The van der Waals surface area contributed by atoms with Crippen molar-refractivity contribution in [3.63, 3.8) is 0 Å². The van der Waals surface area contributed by atoms with Gasteiger partial charge in [-0.15, -0.1) is 11.3 Å². The molecule has 106 valence electrons. The molecule has 1 unspecified atom stereocenters. The first kappa shape index (κ1) is 16.0. The summed E-state index contributed by atoms with van der Waals surface area (Å²) in [6.07, 6.45) is 0.774. The molecule has 0 aliphatic carbocycles. The molecule has 0 saturated heterocycles. The lowest BCUT2D eigenvalue weighted by Gasteiger charge is -2.13. The number of hydrogen-bond acceptors (Lipinski definition) is 2. The van der Waals surface area contributed by atoms with Gasteiger partial charge in [0.1, 0.15) is 0 Å². The van der Waals surface area contributed by atoms with Crippen LogP contribution in [0.4, 0.5) is 0 Å². The van der Waals surface area contributed by atoms with Crippen LogP contribution >= 0.6 is 54.8 Å². The minimum Gasteiger partial charge on any atom is -0.349 e. The Morgan fingerprint density at radius 2 is 2.00 bits per heavy atom. The zero-order chi connectivity index (χ0) is 14.7. The molecule has 6 heteroatoms. The van der Waals surface area contributed by atoms with E-state index in [1.165, 1.54) is 11.3 Å². The molecule has 1 aromatic carbocycles. The Bertz CT molecular complexity index is 593. The van der Waals surface area contributed by atoms with Crippen molar-refractivity contribution in [2.75, 3.05) is 0 Å². The summed E-state index contributed by atoms with van der Waals surface area (Å²) in [5.74, 6) is -0.0529. The van der Waals surface area contributed by atoms with Crippen LogP contribution in [0.3, 0.4) is 0 Å². The van der Waals surface area contributed by atoms with E-state index in [-0.39, 0.29) is 11.9 Å². The van der Waals surface area contributed by atoms with Gasteiger partial charge in [-0.1, -0.05) is 23.7 Å². The van der Waals surface area contributed by atoms with E-state index in [0.29, 0.717) is 4.88 Å². The molecule has 2 aromatic rings. The standard InChI is InChI=1S/C14H12Br2ClNOS/c1-8(6-9-2-4-10(17)5-3-9)18-14(19)12-7-11(15)13(16)20-12/h2-5,7-8H,6H2,1H3,(H,18,19). The summed E-state index contributed by atoms with van der Waals surface area (Å²) in [7, 11) is 0. The fourth-order valence-corrected chi connectivity index (χ4v) is 3.84. The highest BCUT2D eigenvalue weighted by atomic mass is 79.9. The first-order valence-corrected chi connectivity index (χ1v) is 8.74. The Hall–Kier alpha value is -0.360. The third kappa shape index (κ3) is 4.32. The van der Waals surface area contributed by atoms with Crippen molar-refractivity contribution < 1.29 is 4.79 Å². The van der Waals surface area contributed by atoms with Crippen LogP contribution in [0.1, 0.15) is 22.2 Å². The van der Waals surface area contributed by atoms with Gasteiger partial charge in [0.25, 0.3) is 5.91 Å². The van der Waals surface area contributed by atoms with E-state index in [1.54, 1.807) is 0 Å². The number of benzene rings is 1. The average Bonchev–Trinajstić information content (AvgIpc) is 2.72. The predicted octanol–water partition coefficient (Wildman–Crippen LogP) is 5.29. The number of amides is 1. The average molecular weight is 438 g/mol. The summed E-state index contributed by atoms with van der Waals surface area (Å²) >= 11 is 14.0. The van der Waals surface area contributed by atoms with Crippen molar-refractivity contribution in [3.05, 3.63) is 54.1 Å². The van der Waals surface area contributed by atoms with Crippen LogP contribution in [-0.2, 0) is 6.42 Å². The van der Waals surface area contributed by atoms with Crippen molar-refractivity contribution in [1.29, 1.82) is 0 Å². The second-order valence-electron chi connectivity index (χ2n) is 4.44. The van der Waals surface area contributed by atoms with Crippen LogP contribution in [0.25, 0.3) is 0 Å². The second kappa shape index (κ2) is 7.07. The summed E-state index contributed by atoms with van der Waals surface area (Å²) in [4.78, 5) is 12.8. The maximum Gasteiger partial charge on any atom is 0.261 e. The van der Waals surface area contributed by atoms with E-state index in [0.717, 1.165) is 25.3 Å². The lowest BCUT2D eigenvalue weighted by Crippen LogP contribution is -2.33. The molecule has 1 N–H and O–H groups in total. The van der Waals surface area contributed by atoms with Gasteiger partial charge >= 0.3 is 0 Å². The van der Waals surface area contributed by atoms with Gasteiger partial charge in [-0.25, -0.2) is 0 Å². The molecule has 1 amide bonds. The normalized spacial score (nSPS) is 12.2. The van der Waals surface area contributed by atoms with Gasteiger partial charge in [-0.05, 0) is 69.0 Å². The lowest BCUT2D eigenvalue weighted by atomic mass is 10.1. The zero-order valence-corrected chi connectivity index (χ0v) is 15.4. The number of nitrogens with one attached hydrogen (secondary N) is 1. The Balaban J connectivity index is 1.95. The summed E-state index contributed by atoms with van der Waals surface area (Å²) in [6.45, 7) is 1.99. The molecule has 1 heterocycles. The minimum absolute atomic E-state index is 0.0529. The first-order chi connectivity index (χ1) is 9.45. The van der Waals surface area contributed by atoms with Crippen LogP contribution in [0, 0.1) is 0 Å². The molecule has 1 aromatic heterocycles. The highest BCUT2D eigenvalue weighted by molar-refractivity contribution is 9.13. The molecule has 0 aliphatic rings. The first-order valence-electron chi connectivity index (χ1n) is 5.96. The summed E-state index contributed by atoms with van der Waals surface area (Å²) in [5, 5.41) is 3.72. The van der Waals surface area contributed by atoms with E-state index >= 15 is 0 Å². The highest BCUT2D eigenvalue weighted by Gasteiger charge is 2.14. The van der Waals surface area contributed by atoms with Gasteiger partial charge in [0.2, 0.25) is 0 Å². The van der Waals surface area contributed by atoms with Gasteiger partial charge < -0.3 is 5.32 Å².